The molecule has 1 atom stereocenters. The lowest BCUT2D eigenvalue weighted by Gasteiger charge is -2.15. The summed E-state index contributed by atoms with van der Waals surface area (Å²) in [7, 11) is 1.59. The minimum absolute atomic E-state index is 0.171. The third kappa shape index (κ3) is 6.57. The van der Waals surface area contributed by atoms with Gasteiger partial charge in [-0.05, 0) is 32.9 Å². The van der Waals surface area contributed by atoms with Gasteiger partial charge in [-0.25, -0.2) is 0 Å². The maximum Gasteiger partial charge on any atom is 0.124 e. The minimum atomic E-state index is -0.403. The lowest BCUT2D eigenvalue weighted by Crippen LogP contribution is -2.23. The molecule has 2 N–H and O–H groups in total. The van der Waals surface area contributed by atoms with Crippen LogP contribution in [0, 0.1) is 0 Å². The number of hydrogen-bond donors (Lipinski definition) is 2. The number of aliphatic hydroxyl groups excluding tert-OH is 1. The van der Waals surface area contributed by atoms with Gasteiger partial charge in [0.25, 0.3) is 0 Å². The summed E-state index contributed by atoms with van der Waals surface area (Å²) in [6, 6.07) is 8.01. The number of rotatable bonds is 9. The van der Waals surface area contributed by atoms with Crippen molar-refractivity contribution in [3.05, 3.63) is 29.8 Å². The van der Waals surface area contributed by atoms with E-state index in [-0.39, 0.29) is 6.10 Å². The molecule has 108 valence electrons. The summed E-state index contributed by atoms with van der Waals surface area (Å²) in [6.07, 6.45) is 0.449. The molecular weight excluding hydrogens is 242 g/mol. The second-order valence-corrected chi connectivity index (χ2v) is 4.85. The third-order valence-electron chi connectivity index (χ3n) is 2.66. The Hall–Kier alpha value is -1.10. The zero-order valence-corrected chi connectivity index (χ0v) is 12.1. The molecule has 0 amide bonds. The van der Waals surface area contributed by atoms with Crippen LogP contribution in [0.2, 0.25) is 0 Å². The zero-order valence-electron chi connectivity index (χ0n) is 12.1. The van der Waals surface area contributed by atoms with Gasteiger partial charge in [-0.15, -0.1) is 0 Å². The summed E-state index contributed by atoms with van der Waals surface area (Å²) in [5.74, 6) is 0.919. The van der Waals surface area contributed by atoms with E-state index in [9.17, 15) is 5.11 Å². The van der Waals surface area contributed by atoms with Crippen LogP contribution in [0.25, 0.3) is 0 Å². The first-order chi connectivity index (χ1) is 9.13. The van der Waals surface area contributed by atoms with Gasteiger partial charge in [-0.3, -0.25) is 0 Å². The molecule has 0 radical (unpaired) electrons. The topological polar surface area (TPSA) is 50.7 Å². The van der Waals surface area contributed by atoms with Crippen LogP contribution in [-0.4, -0.2) is 37.6 Å². The van der Waals surface area contributed by atoms with E-state index in [2.05, 4.69) is 11.4 Å². The first kappa shape index (κ1) is 16.0. The van der Waals surface area contributed by atoms with Crippen molar-refractivity contribution in [1.29, 1.82) is 0 Å². The Labute approximate surface area is 115 Å². The van der Waals surface area contributed by atoms with E-state index in [0.29, 0.717) is 13.0 Å². The predicted molar refractivity (Wildman–Crippen MR) is 76.4 cm³/mol. The van der Waals surface area contributed by atoms with Gasteiger partial charge >= 0.3 is 0 Å². The van der Waals surface area contributed by atoms with Gasteiger partial charge in [0, 0.05) is 19.2 Å². The van der Waals surface area contributed by atoms with Crippen molar-refractivity contribution in [2.45, 2.75) is 39.0 Å². The summed E-state index contributed by atoms with van der Waals surface area (Å²) < 4.78 is 10.6. The van der Waals surface area contributed by atoms with E-state index < -0.39 is 6.10 Å². The summed E-state index contributed by atoms with van der Waals surface area (Å²) in [5.41, 5.74) is 1.14. The molecule has 0 aromatic heterocycles. The quantitative estimate of drug-likeness (QED) is 0.672. The van der Waals surface area contributed by atoms with E-state index in [0.717, 1.165) is 24.4 Å². The molecule has 0 aliphatic carbocycles. The van der Waals surface area contributed by atoms with Crippen molar-refractivity contribution in [1.82, 2.24) is 5.32 Å². The lowest BCUT2D eigenvalue weighted by molar-refractivity contribution is 0.0594. The van der Waals surface area contributed by atoms with Gasteiger partial charge in [0.15, 0.2) is 0 Å². The summed E-state index contributed by atoms with van der Waals surface area (Å²) in [5, 5.41) is 12.8. The average molecular weight is 267 g/mol. The Morgan fingerprint density at radius 2 is 2.00 bits per heavy atom. The largest absolute Gasteiger partial charge is 0.491 e. The predicted octanol–water partition coefficient (Wildman–Crippen LogP) is 1.96. The number of nitrogens with one attached hydrogen (secondary N) is 1. The van der Waals surface area contributed by atoms with Crippen molar-refractivity contribution < 1.29 is 14.6 Å². The molecule has 0 saturated heterocycles. The molecule has 0 aliphatic rings. The number of benzene rings is 1. The molecule has 0 heterocycles. The van der Waals surface area contributed by atoms with Crippen molar-refractivity contribution in [2.75, 3.05) is 20.3 Å². The van der Waals surface area contributed by atoms with Crippen LogP contribution in [0.3, 0.4) is 0 Å². The number of methoxy groups -OCH3 is 1. The maximum absolute atomic E-state index is 9.53. The fraction of sp³-hybridized carbons (Fsp3) is 0.600. The molecule has 0 spiro atoms. The van der Waals surface area contributed by atoms with Crippen LogP contribution in [0.15, 0.2) is 24.3 Å². The van der Waals surface area contributed by atoms with Crippen LogP contribution < -0.4 is 10.1 Å². The van der Waals surface area contributed by atoms with Gasteiger partial charge in [0.05, 0.1) is 18.8 Å². The number of para-hydroxylation sites is 1. The second kappa shape index (κ2) is 8.91. The molecule has 1 aromatic carbocycles. The Morgan fingerprint density at radius 3 is 2.68 bits per heavy atom. The molecular formula is C15H25NO3. The van der Waals surface area contributed by atoms with Crippen LogP contribution >= 0.6 is 0 Å². The average Bonchev–Trinajstić information content (AvgIpc) is 2.36. The minimum Gasteiger partial charge on any atom is -0.491 e. The van der Waals surface area contributed by atoms with Gasteiger partial charge in [-0.2, -0.15) is 0 Å². The van der Waals surface area contributed by atoms with Crippen molar-refractivity contribution in [3.8, 4) is 5.75 Å². The number of ether oxygens (including phenoxy) is 2. The Morgan fingerprint density at radius 1 is 1.26 bits per heavy atom. The fourth-order valence-corrected chi connectivity index (χ4v) is 1.79. The second-order valence-electron chi connectivity index (χ2n) is 4.85. The van der Waals surface area contributed by atoms with Crippen molar-refractivity contribution in [3.63, 3.8) is 0 Å². The summed E-state index contributed by atoms with van der Waals surface area (Å²) >= 11 is 0. The van der Waals surface area contributed by atoms with E-state index in [4.69, 9.17) is 9.47 Å². The van der Waals surface area contributed by atoms with Crippen molar-refractivity contribution >= 4 is 0 Å². The van der Waals surface area contributed by atoms with Gasteiger partial charge < -0.3 is 19.9 Å². The first-order valence-corrected chi connectivity index (χ1v) is 6.75. The molecule has 1 rings (SSSR count). The lowest BCUT2D eigenvalue weighted by atomic mass is 10.2. The number of hydrogen-bond acceptors (Lipinski definition) is 4. The van der Waals surface area contributed by atoms with Crippen LogP contribution in [0.1, 0.15) is 25.8 Å². The smallest absolute Gasteiger partial charge is 0.124 e. The van der Waals surface area contributed by atoms with E-state index in [1.807, 2.05) is 32.0 Å². The highest BCUT2D eigenvalue weighted by Crippen LogP contribution is 2.18. The molecule has 0 aliphatic heterocycles. The third-order valence-corrected chi connectivity index (χ3v) is 2.66. The molecule has 1 aromatic rings. The fourth-order valence-electron chi connectivity index (χ4n) is 1.79. The van der Waals surface area contributed by atoms with Gasteiger partial charge in [0.1, 0.15) is 5.75 Å². The zero-order chi connectivity index (χ0) is 14.1. The maximum atomic E-state index is 9.53. The molecule has 4 heteroatoms. The Bertz CT molecular complexity index is 355. The standard InChI is InChI=1S/C15H25NO3/c1-12(2)19-15-7-5-4-6-13(15)10-16-9-8-14(17)11-18-3/h4-7,12,14,16-17H,8-11H2,1-3H3. The number of aliphatic hydroxyl groups is 1. The molecule has 0 bridgehead atoms. The van der Waals surface area contributed by atoms with Gasteiger partial charge in [0.2, 0.25) is 0 Å². The van der Waals surface area contributed by atoms with E-state index in [1.165, 1.54) is 0 Å². The SMILES string of the molecule is COCC(O)CCNCc1ccccc1OC(C)C. The molecule has 0 saturated carbocycles. The van der Waals surface area contributed by atoms with E-state index >= 15 is 0 Å². The molecule has 0 fully saturated rings. The highest BCUT2D eigenvalue weighted by molar-refractivity contribution is 5.33. The van der Waals surface area contributed by atoms with Crippen molar-refractivity contribution in [2.24, 2.45) is 0 Å². The molecule has 1 unspecified atom stereocenters. The summed E-state index contributed by atoms with van der Waals surface area (Å²) in [6.45, 7) is 5.91. The van der Waals surface area contributed by atoms with E-state index in [1.54, 1.807) is 7.11 Å². The van der Waals surface area contributed by atoms with Crippen LogP contribution in [-0.2, 0) is 11.3 Å². The van der Waals surface area contributed by atoms with Gasteiger partial charge in [-0.1, -0.05) is 18.2 Å². The normalized spacial score (nSPS) is 12.7. The Kier molecular flexibility index (Phi) is 7.48. The molecule has 19 heavy (non-hydrogen) atoms. The summed E-state index contributed by atoms with van der Waals surface area (Å²) in [4.78, 5) is 0. The highest BCUT2D eigenvalue weighted by atomic mass is 16.5. The monoisotopic (exact) mass is 267 g/mol. The Balaban J connectivity index is 2.36. The molecule has 4 nitrogen and oxygen atoms in total. The first-order valence-electron chi connectivity index (χ1n) is 6.75. The van der Waals surface area contributed by atoms with Crippen LogP contribution in [0.5, 0.6) is 5.75 Å². The highest BCUT2D eigenvalue weighted by Gasteiger charge is 2.06. The van der Waals surface area contributed by atoms with Crippen LogP contribution in [0.4, 0.5) is 0 Å².